The second-order valence-electron chi connectivity index (χ2n) is 4.85. The lowest BCUT2D eigenvalue weighted by Gasteiger charge is -2.12. The van der Waals surface area contributed by atoms with Gasteiger partial charge in [0.15, 0.2) is 0 Å². The molecule has 0 aliphatic heterocycles. The molecule has 0 radical (unpaired) electrons. The molecular formula is C14H13FN2O2. The Hall–Kier alpha value is -2.17. The van der Waals surface area contributed by atoms with E-state index in [1.807, 2.05) is 4.57 Å². The Kier molecular flexibility index (Phi) is 2.62. The van der Waals surface area contributed by atoms with Gasteiger partial charge in [-0.25, -0.2) is 14.2 Å². The first kappa shape index (κ1) is 11.9. The zero-order valence-electron chi connectivity index (χ0n) is 10.4. The van der Waals surface area contributed by atoms with E-state index in [0.29, 0.717) is 17.2 Å². The summed E-state index contributed by atoms with van der Waals surface area (Å²) in [6, 6.07) is 2.63. The van der Waals surface area contributed by atoms with Gasteiger partial charge in [-0.1, -0.05) is 0 Å². The molecule has 1 saturated carbocycles. The highest BCUT2D eigenvalue weighted by Gasteiger charge is 2.28. The number of rotatable bonds is 3. The molecule has 0 spiro atoms. The second-order valence-corrected chi connectivity index (χ2v) is 4.85. The molecule has 5 heteroatoms. The van der Waals surface area contributed by atoms with Crippen LogP contribution in [-0.2, 0) is 0 Å². The maximum atomic E-state index is 13.6. The van der Waals surface area contributed by atoms with E-state index in [2.05, 4.69) is 4.98 Å². The molecule has 1 N–H and O–H groups in total. The van der Waals surface area contributed by atoms with Crippen LogP contribution in [0.25, 0.3) is 5.69 Å². The molecule has 2 aromatic rings. The summed E-state index contributed by atoms with van der Waals surface area (Å²) in [4.78, 5) is 15.3. The summed E-state index contributed by atoms with van der Waals surface area (Å²) in [6.45, 7) is 1.76. The van der Waals surface area contributed by atoms with Crippen LogP contribution in [0.5, 0.6) is 0 Å². The summed E-state index contributed by atoms with van der Waals surface area (Å²) in [7, 11) is 0. The molecule has 1 aromatic heterocycles. The lowest BCUT2D eigenvalue weighted by molar-refractivity contribution is 0.0692. The van der Waals surface area contributed by atoms with Crippen molar-refractivity contribution in [1.82, 2.24) is 9.55 Å². The van der Waals surface area contributed by atoms with Crippen LogP contribution in [-0.4, -0.2) is 20.6 Å². The summed E-state index contributed by atoms with van der Waals surface area (Å²) >= 11 is 0. The van der Waals surface area contributed by atoms with E-state index in [9.17, 15) is 9.18 Å². The van der Waals surface area contributed by atoms with Crippen molar-refractivity contribution in [3.63, 3.8) is 0 Å². The van der Waals surface area contributed by atoms with Crippen LogP contribution in [0.4, 0.5) is 4.39 Å². The first-order valence-electron chi connectivity index (χ1n) is 6.15. The molecule has 4 nitrogen and oxygen atoms in total. The zero-order chi connectivity index (χ0) is 13.6. The highest BCUT2D eigenvalue weighted by atomic mass is 19.1. The molecule has 1 aliphatic carbocycles. The van der Waals surface area contributed by atoms with Gasteiger partial charge >= 0.3 is 5.97 Å². The van der Waals surface area contributed by atoms with Gasteiger partial charge in [0.05, 0.1) is 11.3 Å². The average Bonchev–Trinajstić information content (AvgIpc) is 3.08. The third-order valence-electron chi connectivity index (χ3n) is 3.39. The Balaban J connectivity index is 2.16. The minimum absolute atomic E-state index is 0.309. The predicted octanol–water partition coefficient (Wildman–Crippen LogP) is 2.90. The van der Waals surface area contributed by atoms with Crippen molar-refractivity contribution in [2.24, 2.45) is 0 Å². The SMILES string of the molecule is Cc1cc(F)c(C(=O)O)cc1-n1ccnc1C1CC1. The van der Waals surface area contributed by atoms with Crippen molar-refractivity contribution < 1.29 is 14.3 Å². The van der Waals surface area contributed by atoms with Gasteiger partial charge in [-0.2, -0.15) is 0 Å². The minimum Gasteiger partial charge on any atom is -0.478 e. The van der Waals surface area contributed by atoms with Crippen LogP contribution in [0, 0.1) is 12.7 Å². The smallest absolute Gasteiger partial charge is 0.338 e. The molecular weight excluding hydrogens is 247 g/mol. The Bertz CT molecular complexity index is 659. The quantitative estimate of drug-likeness (QED) is 0.923. The van der Waals surface area contributed by atoms with Crippen molar-refractivity contribution in [3.05, 3.63) is 47.3 Å². The van der Waals surface area contributed by atoms with Gasteiger partial charge in [0.25, 0.3) is 0 Å². The van der Waals surface area contributed by atoms with Crippen molar-refractivity contribution >= 4 is 5.97 Å². The normalized spacial score (nSPS) is 14.6. The summed E-state index contributed by atoms with van der Waals surface area (Å²) < 4.78 is 15.4. The molecule has 98 valence electrons. The lowest BCUT2D eigenvalue weighted by Crippen LogP contribution is -2.07. The van der Waals surface area contributed by atoms with E-state index in [0.717, 1.165) is 18.7 Å². The van der Waals surface area contributed by atoms with E-state index >= 15 is 0 Å². The molecule has 0 bridgehead atoms. The molecule has 1 aliphatic rings. The van der Waals surface area contributed by atoms with Gasteiger partial charge < -0.3 is 9.67 Å². The number of aromatic nitrogens is 2. The van der Waals surface area contributed by atoms with Crippen molar-refractivity contribution in [1.29, 1.82) is 0 Å². The van der Waals surface area contributed by atoms with Gasteiger partial charge in [-0.05, 0) is 37.5 Å². The fraction of sp³-hybridized carbons (Fsp3) is 0.286. The maximum Gasteiger partial charge on any atom is 0.338 e. The topological polar surface area (TPSA) is 55.1 Å². The summed E-state index contributed by atoms with van der Waals surface area (Å²) in [5.74, 6) is -0.604. The van der Waals surface area contributed by atoms with Gasteiger partial charge in [-0.3, -0.25) is 0 Å². The van der Waals surface area contributed by atoms with Crippen molar-refractivity contribution in [2.45, 2.75) is 25.7 Å². The molecule has 0 unspecified atom stereocenters. The molecule has 1 aromatic carbocycles. The number of imidazole rings is 1. The number of hydrogen-bond acceptors (Lipinski definition) is 2. The fourth-order valence-corrected chi connectivity index (χ4v) is 2.25. The van der Waals surface area contributed by atoms with Gasteiger partial charge in [0.2, 0.25) is 0 Å². The van der Waals surface area contributed by atoms with Crippen LogP contribution in [0.2, 0.25) is 0 Å². The standard InChI is InChI=1S/C14H13FN2O2/c1-8-6-11(15)10(14(18)19)7-12(8)17-5-4-16-13(17)9-2-3-9/h4-7,9H,2-3H2,1H3,(H,18,19). The number of halogens is 1. The van der Waals surface area contributed by atoms with E-state index in [4.69, 9.17) is 5.11 Å². The van der Waals surface area contributed by atoms with Crippen LogP contribution < -0.4 is 0 Å². The molecule has 19 heavy (non-hydrogen) atoms. The number of carboxylic acids is 1. The first-order chi connectivity index (χ1) is 9.08. The third kappa shape index (κ3) is 2.01. The molecule has 1 fully saturated rings. The second kappa shape index (κ2) is 4.19. The Morgan fingerprint density at radius 3 is 2.84 bits per heavy atom. The van der Waals surface area contributed by atoms with Crippen LogP contribution in [0.3, 0.4) is 0 Å². The Labute approximate surface area is 109 Å². The molecule has 3 rings (SSSR count). The summed E-state index contributed by atoms with van der Waals surface area (Å²) in [5.41, 5.74) is 1.07. The monoisotopic (exact) mass is 260 g/mol. The number of nitrogens with zero attached hydrogens (tertiary/aromatic N) is 2. The van der Waals surface area contributed by atoms with Crippen LogP contribution in [0.15, 0.2) is 24.5 Å². The van der Waals surface area contributed by atoms with Crippen LogP contribution in [0.1, 0.15) is 40.5 Å². The highest BCUT2D eigenvalue weighted by molar-refractivity contribution is 5.88. The minimum atomic E-state index is -1.26. The maximum absolute atomic E-state index is 13.6. The average molecular weight is 260 g/mol. The number of carbonyl (C=O) groups is 1. The van der Waals surface area contributed by atoms with E-state index in [1.165, 1.54) is 12.1 Å². The van der Waals surface area contributed by atoms with Crippen molar-refractivity contribution in [2.75, 3.05) is 0 Å². The highest BCUT2D eigenvalue weighted by Crippen LogP contribution is 2.40. The molecule has 0 atom stereocenters. The molecule has 0 amide bonds. The third-order valence-corrected chi connectivity index (χ3v) is 3.39. The van der Waals surface area contributed by atoms with Gasteiger partial charge in [0, 0.05) is 18.3 Å². The number of carboxylic acid groups (broad SMARTS) is 1. The molecule has 0 saturated heterocycles. The lowest BCUT2D eigenvalue weighted by atomic mass is 10.1. The summed E-state index contributed by atoms with van der Waals surface area (Å²) in [6.07, 6.45) is 5.68. The van der Waals surface area contributed by atoms with Gasteiger partial charge in [0.1, 0.15) is 11.6 Å². The van der Waals surface area contributed by atoms with E-state index < -0.39 is 11.8 Å². The van der Waals surface area contributed by atoms with Gasteiger partial charge in [-0.15, -0.1) is 0 Å². The summed E-state index contributed by atoms with van der Waals surface area (Å²) in [5, 5.41) is 9.00. The Morgan fingerprint density at radius 1 is 1.47 bits per heavy atom. The number of aryl methyl sites for hydroxylation is 1. The predicted molar refractivity (Wildman–Crippen MR) is 67.2 cm³/mol. The largest absolute Gasteiger partial charge is 0.478 e. The fourth-order valence-electron chi connectivity index (χ4n) is 2.25. The van der Waals surface area contributed by atoms with E-state index in [1.54, 1.807) is 19.3 Å². The number of hydrogen-bond donors (Lipinski definition) is 1. The zero-order valence-corrected chi connectivity index (χ0v) is 10.4. The molecule has 1 heterocycles. The van der Waals surface area contributed by atoms with Crippen LogP contribution >= 0.6 is 0 Å². The van der Waals surface area contributed by atoms with E-state index in [-0.39, 0.29) is 5.56 Å². The first-order valence-corrected chi connectivity index (χ1v) is 6.15. The number of benzene rings is 1. The Morgan fingerprint density at radius 2 is 2.21 bits per heavy atom. The number of aromatic carboxylic acids is 1. The van der Waals surface area contributed by atoms with Crippen molar-refractivity contribution in [3.8, 4) is 5.69 Å².